The van der Waals surface area contributed by atoms with E-state index in [2.05, 4.69) is 16.8 Å². The number of rotatable bonds is 3. The van der Waals surface area contributed by atoms with Crippen molar-refractivity contribution in [3.63, 3.8) is 0 Å². The molecule has 1 aliphatic heterocycles. The van der Waals surface area contributed by atoms with Crippen LogP contribution < -0.4 is 5.73 Å². The topological polar surface area (TPSA) is 55.3 Å². The summed E-state index contributed by atoms with van der Waals surface area (Å²) < 4.78 is 5.22. The Morgan fingerprint density at radius 2 is 2.44 bits per heavy atom. The van der Waals surface area contributed by atoms with Crippen molar-refractivity contribution in [3.05, 3.63) is 17.8 Å². The van der Waals surface area contributed by atoms with Crippen molar-refractivity contribution >= 4 is 0 Å². The summed E-state index contributed by atoms with van der Waals surface area (Å²) in [5.74, 6) is 2.31. The van der Waals surface area contributed by atoms with Crippen LogP contribution in [-0.4, -0.2) is 29.5 Å². The van der Waals surface area contributed by atoms with Gasteiger partial charge in [-0.05, 0) is 38.3 Å². The molecule has 0 aliphatic carbocycles. The molecule has 0 radical (unpaired) electrons. The highest BCUT2D eigenvalue weighted by Crippen LogP contribution is 2.23. The Hall–Kier alpha value is -0.870. The van der Waals surface area contributed by atoms with E-state index in [0.29, 0.717) is 5.92 Å². The Labute approximate surface area is 96.8 Å². The molecule has 1 saturated heterocycles. The van der Waals surface area contributed by atoms with E-state index in [-0.39, 0.29) is 0 Å². The van der Waals surface area contributed by atoms with E-state index in [4.69, 9.17) is 10.2 Å². The first-order valence-electron chi connectivity index (χ1n) is 6.02. The minimum absolute atomic E-state index is 0.626. The van der Waals surface area contributed by atoms with Gasteiger partial charge in [0.15, 0.2) is 6.39 Å². The normalized spacial score (nSPS) is 27.2. The maximum absolute atomic E-state index is 5.80. The lowest BCUT2D eigenvalue weighted by Crippen LogP contribution is -2.42. The second-order valence-corrected chi connectivity index (χ2v) is 4.85. The van der Waals surface area contributed by atoms with E-state index >= 15 is 0 Å². The van der Waals surface area contributed by atoms with Crippen LogP contribution in [0.4, 0.5) is 0 Å². The van der Waals surface area contributed by atoms with Crippen molar-refractivity contribution in [1.29, 1.82) is 0 Å². The maximum Gasteiger partial charge on any atom is 0.181 e. The summed E-state index contributed by atoms with van der Waals surface area (Å²) in [6.07, 6.45) is 2.76. The van der Waals surface area contributed by atoms with Crippen LogP contribution in [-0.2, 0) is 6.54 Å². The molecule has 2 heterocycles. The van der Waals surface area contributed by atoms with Crippen molar-refractivity contribution < 1.29 is 4.42 Å². The van der Waals surface area contributed by atoms with Gasteiger partial charge in [-0.1, -0.05) is 6.92 Å². The monoisotopic (exact) mass is 223 g/mol. The lowest BCUT2D eigenvalue weighted by molar-refractivity contribution is 0.124. The quantitative estimate of drug-likeness (QED) is 0.841. The Kier molecular flexibility index (Phi) is 3.61. The second kappa shape index (κ2) is 4.97. The summed E-state index contributed by atoms with van der Waals surface area (Å²) in [7, 11) is 0. The first-order chi connectivity index (χ1) is 7.70. The van der Waals surface area contributed by atoms with Gasteiger partial charge >= 0.3 is 0 Å². The number of aromatic nitrogens is 1. The number of hydrogen-bond donors (Lipinski definition) is 1. The Bertz CT molecular complexity index is 337. The number of hydrogen-bond acceptors (Lipinski definition) is 4. The van der Waals surface area contributed by atoms with Crippen molar-refractivity contribution in [3.8, 4) is 0 Å². The summed E-state index contributed by atoms with van der Waals surface area (Å²) >= 11 is 0. The first kappa shape index (κ1) is 11.6. The van der Waals surface area contributed by atoms with E-state index in [1.807, 2.05) is 6.92 Å². The molecule has 90 valence electrons. The Balaban J connectivity index is 1.94. The summed E-state index contributed by atoms with van der Waals surface area (Å²) in [6.45, 7) is 8.18. The second-order valence-electron chi connectivity index (χ2n) is 4.85. The van der Waals surface area contributed by atoms with Gasteiger partial charge in [0.1, 0.15) is 5.76 Å². The molecule has 0 amide bonds. The number of piperidine rings is 1. The molecule has 16 heavy (non-hydrogen) atoms. The van der Waals surface area contributed by atoms with Gasteiger partial charge in [0, 0.05) is 13.1 Å². The standard InChI is InChI=1S/C12H21N3O/c1-9-3-4-15(6-11(9)5-13)7-12-10(2)16-8-14-12/h8-9,11H,3-7,13H2,1-2H3. The summed E-state index contributed by atoms with van der Waals surface area (Å²) in [5.41, 5.74) is 6.86. The first-order valence-corrected chi connectivity index (χ1v) is 6.02. The van der Waals surface area contributed by atoms with Crippen LogP contribution in [0.3, 0.4) is 0 Å². The lowest BCUT2D eigenvalue weighted by Gasteiger charge is -2.36. The summed E-state index contributed by atoms with van der Waals surface area (Å²) in [5, 5.41) is 0. The fourth-order valence-electron chi connectivity index (χ4n) is 2.37. The molecule has 2 rings (SSSR count). The van der Waals surface area contributed by atoms with Crippen LogP contribution in [0.25, 0.3) is 0 Å². The largest absolute Gasteiger partial charge is 0.448 e. The van der Waals surface area contributed by atoms with Crippen LogP contribution in [0.2, 0.25) is 0 Å². The molecule has 4 nitrogen and oxygen atoms in total. The summed E-state index contributed by atoms with van der Waals surface area (Å²) in [4.78, 5) is 6.67. The van der Waals surface area contributed by atoms with E-state index in [1.165, 1.54) is 12.8 Å². The van der Waals surface area contributed by atoms with Crippen molar-refractivity contribution in [2.45, 2.75) is 26.8 Å². The van der Waals surface area contributed by atoms with Gasteiger partial charge < -0.3 is 10.2 Å². The Morgan fingerprint density at radius 3 is 3.06 bits per heavy atom. The zero-order valence-corrected chi connectivity index (χ0v) is 10.1. The SMILES string of the molecule is Cc1ocnc1CN1CCC(C)C(CN)C1. The van der Waals surface area contributed by atoms with E-state index in [1.54, 1.807) is 0 Å². The number of likely N-dealkylation sites (tertiary alicyclic amines) is 1. The Morgan fingerprint density at radius 1 is 1.62 bits per heavy atom. The average Bonchev–Trinajstić information content (AvgIpc) is 2.67. The van der Waals surface area contributed by atoms with Gasteiger partial charge in [-0.3, -0.25) is 4.90 Å². The average molecular weight is 223 g/mol. The molecule has 0 saturated carbocycles. The number of nitrogens with zero attached hydrogens (tertiary/aromatic N) is 2. The molecule has 4 heteroatoms. The van der Waals surface area contributed by atoms with Gasteiger partial charge in [0.25, 0.3) is 0 Å². The molecule has 2 atom stereocenters. The van der Waals surface area contributed by atoms with E-state index in [0.717, 1.165) is 43.6 Å². The van der Waals surface area contributed by atoms with Gasteiger partial charge in [-0.2, -0.15) is 0 Å². The molecular weight excluding hydrogens is 202 g/mol. The molecule has 2 unspecified atom stereocenters. The minimum Gasteiger partial charge on any atom is -0.448 e. The van der Waals surface area contributed by atoms with Crippen molar-refractivity contribution in [2.24, 2.45) is 17.6 Å². The molecule has 1 aromatic heterocycles. The van der Waals surface area contributed by atoms with Crippen LogP contribution in [0, 0.1) is 18.8 Å². The zero-order valence-electron chi connectivity index (χ0n) is 10.1. The third-order valence-corrected chi connectivity index (χ3v) is 3.72. The van der Waals surface area contributed by atoms with Crippen LogP contribution >= 0.6 is 0 Å². The van der Waals surface area contributed by atoms with Gasteiger partial charge in [-0.15, -0.1) is 0 Å². The molecular formula is C12H21N3O. The number of nitrogens with two attached hydrogens (primary N) is 1. The highest BCUT2D eigenvalue weighted by atomic mass is 16.3. The molecule has 1 aromatic rings. The van der Waals surface area contributed by atoms with Crippen LogP contribution in [0.15, 0.2) is 10.8 Å². The van der Waals surface area contributed by atoms with Crippen molar-refractivity contribution in [1.82, 2.24) is 9.88 Å². The number of oxazole rings is 1. The molecule has 0 bridgehead atoms. The van der Waals surface area contributed by atoms with Crippen LogP contribution in [0.1, 0.15) is 24.8 Å². The fraction of sp³-hybridized carbons (Fsp3) is 0.750. The van der Waals surface area contributed by atoms with Crippen LogP contribution in [0.5, 0.6) is 0 Å². The molecule has 0 aromatic carbocycles. The fourth-order valence-corrected chi connectivity index (χ4v) is 2.37. The highest BCUT2D eigenvalue weighted by molar-refractivity contribution is 5.04. The third-order valence-electron chi connectivity index (χ3n) is 3.72. The maximum atomic E-state index is 5.80. The predicted octanol–water partition coefficient (Wildman–Crippen LogP) is 1.40. The smallest absolute Gasteiger partial charge is 0.181 e. The molecule has 0 spiro atoms. The van der Waals surface area contributed by atoms with Crippen molar-refractivity contribution in [2.75, 3.05) is 19.6 Å². The third kappa shape index (κ3) is 2.44. The van der Waals surface area contributed by atoms with Gasteiger partial charge in [-0.25, -0.2) is 4.98 Å². The van der Waals surface area contributed by atoms with E-state index in [9.17, 15) is 0 Å². The van der Waals surface area contributed by atoms with E-state index < -0.39 is 0 Å². The molecule has 1 fully saturated rings. The minimum atomic E-state index is 0.626. The highest BCUT2D eigenvalue weighted by Gasteiger charge is 2.25. The molecule has 2 N–H and O–H groups in total. The molecule has 1 aliphatic rings. The van der Waals surface area contributed by atoms with Gasteiger partial charge in [0.2, 0.25) is 0 Å². The predicted molar refractivity (Wildman–Crippen MR) is 62.8 cm³/mol. The van der Waals surface area contributed by atoms with Gasteiger partial charge in [0.05, 0.1) is 5.69 Å². The summed E-state index contributed by atoms with van der Waals surface area (Å²) in [6, 6.07) is 0. The zero-order chi connectivity index (χ0) is 11.5. The number of aryl methyl sites for hydroxylation is 1. The lowest BCUT2D eigenvalue weighted by atomic mass is 9.87.